The third-order valence-electron chi connectivity index (χ3n) is 6.07. The van der Waals surface area contributed by atoms with Crippen molar-refractivity contribution in [2.24, 2.45) is 0 Å². The maximum absolute atomic E-state index is 13.3. The van der Waals surface area contributed by atoms with Gasteiger partial charge in [-0.15, -0.1) is 0 Å². The topological polar surface area (TPSA) is 99.3 Å². The Bertz CT molecular complexity index is 1510. The average molecular weight is 560 g/mol. The Morgan fingerprint density at radius 3 is 2.46 bits per heavy atom. The van der Waals surface area contributed by atoms with Crippen LogP contribution in [0.1, 0.15) is 39.7 Å². The number of rotatable bonds is 3. The molecule has 0 aliphatic carbocycles. The van der Waals surface area contributed by atoms with Crippen LogP contribution in [0.25, 0.3) is 22.1 Å². The van der Waals surface area contributed by atoms with Gasteiger partial charge in [0.15, 0.2) is 10.4 Å². The molecule has 0 unspecified atom stereocenters. The first-order valence-electron chi connectivity index (χ1n) is 11.4. The van der Waals surface area contributed by atoms with Crippen molar-refractivity contribution in [1.82, 2.24) is 23.4 Å². The Balaban J connectivity index is 1.51. The van der Waals surface area contributed by atoms with E-state index < -0.39 is 15.6 Å². The second-order valence-electron chi connectivity index (χ2n) is 9.61. The third kappa shape index (κ3) is 4.31. The molecule has 4 aromatic rings. The van der Waals surface area contributed by atoms with Crippen molar-refractivity contribution in [3.8, 4) is 0 Å². The van der Waals surface area contributed by atoms with Crippen LogP contribution >= 0.6 is 15.9 Å². The summed E-state index contributed by atoms with van der Waals surface area (Å²) in [6.45, 7) is 6.69. The van der Waals surface area contributed by atoms with Gasteiger partial charge in [-0.2, -0.15) is 0 Å². The van der Waals surface area contributed by atoms with E-state index in [-0.39, 0.29) is 17.0 Å². The van der Waals surface area contributed by atoms with Gasteiger partial charge in [0.2, 0.25) is 0 Å². The highest BCUT2D eigenvalue weighted by Gasteiger charge is 2.30. The second kappa shape index (κ2) is 8.63. The summed E-state index contributed by atoms with van der Waals surface area (Å²) in [4.78, 5) is 23.5. The summed E-state index contributed by atoms with van der Waals surface area (Å²) in [5, 5.41) is 0.703. The van der Waals surface area contributed by atoms with Crippen LogP contribution in [0.4, 0.5) is 4.79 Å². The van der Waals surface area contributed by atoms with Crippen molar-refractivity contribution in [1.29, 1.82) is 0 Å². The van der Waals surface area contributed by atoms with Gasteiger partial charge in [-0.05, 0) is 67.7 Å². The standard InChI is InChI=1S/C24H26BrN5O4S/c1-24(2,3)34-23(31)28-12-9-16(10-13-28)30-20-18-11-14-29(21(18)26-15-19(20)27-22(30)25)35(32,33)17-7-5-4-6-8-17/h4-8,11,14-16H,9-10,12-13H2,1-3H3. The van der Waals surface area contributed by atoms with Gasteiger partial charge >= 0.3 is 6.09 Å². The fourth-order valence-corrected chi connectivity index (χ4v) is 6.47. The Labute approximate surface area is 211 Å². The molecule has 0 N–H and O–H groups in total. The van der Waals surface area contributed by atoms with Gasteiger partial charge in [0.1, 0.15) is 11.1 Å². The highest BCUT2D eigenvalue weighted by atomic mass is 79.9. The molecule has 0 radical (unpaired) electrons. The first-order chi connectivity index (χ1) is 16.6. The lowest BCUT2D eigenvalue weighted by Crippen LogP contribution is -2.42. The van der Waals surface area contributed by atoms with E-state index in [0.29, 0.717) is 34.4 Å². The Morgan fingerprint density at radius 1 is 1.11 bits per heavy atom. The Kier molecular flexibility index (Phi) is 5.87. The van der Waals surface area contributed by atoms with E-state index in [1.54, 1.807) is 47.5 Å². The van der Waals surface area contributed by atoms with Crippen molar-refractivity contribution in [2.45, 2.75) is 50.2 Å². The predicted molar refractivity (Wildman–Crippen MR) is 136 cm³/mol. The molecule has 1 saturated heterocycles. The molecule has 1 aliphatic rings. The molecule has 0 atom stereocenters. The number of carbonyl (C=O) groups excluding carboxylic acids is 1. The maximum Gasteiger partial charge on any atom is 0.410 e. The molecule has 0 bridgehead atoms. The molecular weight excluding hydrogens is 534 g/mol. The van der Waals surface area contributed by atoms with Crippen molar-refractivity contribution in [2.75, 3.05) is 13.1 Å². The number of aromatic nitrogens is 4. The maximum atomic E-state index is 13.3. The van der Waals surface area contributed by atoms with Gasteiger partial charge in [-0.3, -0.25) is 0 Å². The van der Waals surface area contributed by atoms with Gasteiger partial charge in [-0.1, -0.05) is 18.2 Å². The van der Waals surface area contributed by atoms with E-state index in [9.17, 15) is 13.2 Å². The molecule has 3 aromatic heterocycles. The number of benzene rings is 1. The molecule has 0 spiro atoms. The third-order valence-corrected chi connectivity index (χ3v) is 8.31. The first-order valence-corrected chi connectivity index (χ1v) is 13.6. The predicted octanol–water partition coefficient (Wildman–Crippen LogP) is 4.96. The summed E-state index contributed by atoms with van der Waals surface area (Å²) in [6, 6.07) is 10.1. The van der Waals surface area contributed by atoms with Crippen molar-refractivity contribution >= 4 is 54.1 Å². The average Bonchev–Trinajstić information content (AvgIpc) is 3.39. The van der Waals surface area contributed by atoms with Crippen LogP contribution in [0.2, 0.25) is 0 Å². The van der Waals surface area contributed by atoms with Gasteiger partial charge < -0.3 is 14.2 Å². The van der Waals surface area contributed by atoms with Gasteiger partial charge in [0.05, 0.1) is 16.6 Å². The fraction of sp³-hybridized carbons (Fsp3) is 0.375. The number of pyridine rings is 1. The number of fused-ring (bicyclic) bond motifs is 3. The highest BCUT2D eigenvalue weighted by molar-refractivity contribution is 9.10. The SMILES string of the molecule is CC(C)(C)OC(=O)N1CCC(n2c(Br)nc3cnc4c(ccn4S(=O)(=O)c4ccccc4)c32)CC1. The summed E-state index contributed by atoms with van der Waals surface area (Å²) in [6.07, 6.45) is 4.27. The molecule has 1 aromatic carbocycles. The molecule has 1 amide bonds. The number of halogens is 1. The molecule has 1 aliphatic heterocycles. The van der Waals surface area contributed by atoms with E-state index in [0.717, 1.165) is 18.4 Å². The Hall–Kier alpha value is -2.92. The monoisotopic (exact) mass is 559 g/mol. The molecule has 11 heteroatoms. The molecule has 35 heavy (non-hydrogen) atoms. The molecule has 0 saturated carbocycles. The number of nitrogens with zero attached hydrogens (tertiary/aromatic N) is 5. The minimum absolute atomic E-state index is 0.0766. The normalized spacial score (nSPS) is 15.7. The molecule has 4 heterocycles. The van der Waals surface area contributed by atoms with Gasteiger partial charge in [-0.25, -0.2) is 27.2 Å². The molecular formula is C24H26BrN5O4S. The van der Waals surface area contributed by atoms with Crippen LogP contribution in [0.3, 0.4) is 0 Å². The summed E-state index contributed by atoms with van der Waals surface area (Å²) < 4.78 is 36.0. The fourth-order valence-electron chi connectivity index (χ4n) is 4.49. The zero-order valence-corrected chi connectivity index (χ0v) is 22.1. The van der Waals surface area contributed by atoms with Gasteiger partial charge in [0, 0.05) is 30.7 Å². The summed E-state index contributed by atoms with van der Waals surface area (Å²) in [7, 11) is -3.80. The lowest BCUT2D eigenvalue weighted by Gasteiger charge is -2.34. The van der Waals surface area contributed by atoms with E-state index in [1.165, 1.54) is 10.2 Å². The number of carbonyl (C=O) groups is 1. The smallest absolute Gasteiger partial charge is 0.410 e. The minimum atomic E-state index is -3.80. The number of imidazole rings is 1. The van der Waals surface area contributed by atoms with Crippen LogP contribution in [0.15, 0.2) is 58.4 Å². The van der Waals surface area contributed by atoms with Crippen LogP contribution in [-0.2, 0) is 14.8 Å². The quantitative estimate of drug-likeness (QED) is 0.352. The van der Waals surface area contributed by atoms with E-state index >= 15 is 0 Å². The van der Waals surface area contributed by atoms with Gasteiger partial charge in [0.25, 0.3) is 10.0 Å². The van der Waals surface area contributed by atoms with Crippen molar-refractivity contribution in [3.05, 3.63) is 53.5 Å². The lowest BCUT2D eigenvalue weighted by atomic mass is 10.0. The van der Waals surface area contributed by atoms with Crippen molar-refractivity contribution < 1.29 is 17.9 Å². The number of amides is 1. The zero-order valence-electron chi connectivity index (χ0n) is 19.7. The van der Waals surface area contributed by atoms with Crippen LogP contribution < -0.4 is 0 Å². The number of ether oxygens (including phenoxy) is 1. The van der Waals surface area contributed by atoms with Crippen LogP contribution in [-0.4, -0.2) is 56.6 Å². The van der Waals surface area contributed by atoms with Crippen LogP contribution in [0.5, 0.6) is 0 Å². The summed E-state index contributed by atoms with van der Waals surface area (Å²) in [5.41, 5.74) is 1.30. The van der Waals surface area contributed by atoms with E-state index in [2.05, 4.69) is 30.5 Å². The number of piperidine rings is 1. The molecule has 1 fully saturated rings. The number of hydrogen-bond donors (Lipinski definition) is 0. The highest BCUT2D eigenvalue weighted by Crippen LogP contribution is 2.35. The molecule has 5 rings (SSSR count). The van der Waals surface area contributed by atoms with Crippen LogP contribution in [0, 0.1) is 0 Å². The number of hydrogen-bond acceptors (Lipinski definition) is 6. The first kappa shape index (κ1) is 23.8. The number of likely N-dealkylation sites (tertiary alicyclic amines) is 1. The molecule has 184 valence electrons. The second-order valence-corrected chi connectivity index (χ2v) is 12.1. The minimum Gasteiger partial charge on any atom is -0.444 e. The zero-order chi connectivity index (χ0) is 25.0. The summed E-state index contributed by atoms with van der Waals surface area (Å²) >= 11 is 3.59. The van der Waals surface area contributed by atoms with E-state index in [4.69, 9.17) is 4.74 Å². The Morgan fingerprint density at radius 2 is 1.80 bits per heavy atom. The van der Waals surface area contributed by atoms with Crippen molar-refractivity contribution in [3.63, 3.8) is 0 Å². The lowest BCUT2D eigenvalue weighted by molar-refractivity contribution is 0.0189. The van der Waals surface area contributed by atoms with E-state index in [1.807, 2.05) is 20.8 Å². The largest absolute Gasteiger partial charge is 0.444 e. The summed E-state index contributed by atoms with van der Waals surface area (Å²) in [5.74, 6) is 0. The molecule has 9 nitrogen and oxygen atoms in total.